The highest BCUT2D eigenvalue weighted by atomic mass is 16.5. The van der Waals surface area contributed by atoms with Crippen molar-refractivity contribution in [3.8, 4) is 0 Å². The van der Waals surface area contributed by atoms with Crippen molar-refractivity contribution in [1.29, 1.82) is 0 Å². The first-order valence-electron chi connectivity index (χ1n) is 7.63. The fourth-order valence-corrected chi connectivity index (χ4v) is 2.56. The number of carbonyl (C=O) groups is 1. The lowest BCUT2D eigenvalue weighted by atomic mass is 10.1. The van der Waals surface area contributed by atoms with Crippen LogP contribution in [0.1, 0.15) is 43.0 Å². The normalized spacial score (nSPS) is 15.1. The Bertz CT molecular complexity index is 471. The Morgan fingerprint density at radius 2 is 2.14 bits per heavy atom. The molecule has 1 aromatic carbocycles. The van der Waals surface area contributed by atoms with Gasteiger partial charge in [0.1, 0.15) is 0 Å². The van der Waals surface area contributed by atoms with Crippen LogP contribution in [0.4, 0.5) is 11.4 Å². The molecule has 0 saturated heterocycles. The zero-order valence-corrected chi connectivity index (χ0v) is 12.6. The second-order valence-electron chi connectivity index (χ2n) is 5.23. The Kier molecular flexibility index (Phi) is 5.87. The summed E-state index contributed by atoms with van der Waals surface area (Å²) in [5, 5.41) is 3.22. The maximum Gasteiger partial charge on any atom is 0.340 e. The molecule has 0 atom stereocenters. The van der Waals surface area contributed by atoms with E-state index in [9.17, 15) is 4.79 Å². The molecule has 0 aliphatic heterocycles. The predicted octanol–water partition coefficient (Wildman–Crippen LogP) is 2.82. The zero-order chi connectivity index (χ0) is 15.1. The molecule has 0 spiro atoms. The average Bonchev–Trinajstić information content (AvgIpc) is 2.98. The van der Waals surface area contributed by atoms with E-state index >= 15 is 0 Å². The Morgan fingerprint density at radius 3 is 2.86 bits per heavy atom. The van der Waals surface area contributed by atoms with Gasteiger partial charge in [-0.3, -0.25) is 0 Å². The van der Waals surface area contributed by atoms with Gasteiger partial charge in [-0.2, -0.15) is 0 Å². The number of hydrogen-bond acceptors (Lipinski definition) is 5. The summed E-state index contributed by atoms with van der Waals surface area (Å²) < 4.78 is 10.8. The maximum absolute atomic E-state index is 11.9. The number of ether oxygens (including phenoxy) is 2. The molecule has 1 aromatic rings. The number of nitrogens with one attached hydrogen (secondary N) is 1. The highest BCUT2D eigenvalue weighted by Crippen LogP contribution is 2.22. The van der Waals surface area contributed by atoms with Gasteiger partial charge in [0.25, 0.3) is 0 Å². The minimum absolute atomic E-state index is 0.345. The van der Waals surface area contributed by atoms with E-state index in [1.807, 2.05) is 0 Å². The molecular weight excluding hydrogens is 268 g/mol. The predicted molar refractivity (Wildman–Crippen MR) is 83.5 cm³/mol. The lowest BCUT2D eigenvalue weighted by Crippen LogP contribution is -2.17. The largest absolute Gasteiger partial charge is 0.462 e. The van der Waals surface area contributed by atoms with E-state index in [-0.39, 0.29) is 5.97 Å². The summed E-state index contributed by atoms with van der Waals surface area (Å²) in [4.78, 5) is 11.9. The standard InChI is InChI=1S/C16H24N2O3/c1-2-20-16(19)14-11-12(17)7-8-15(14)18-9-10-21-13-5-3-4-6-13/h7-8,11,13,18H,2-6,9-10,17H2,1H3. The van der Waals surface area contributed by atoms with Gasteiger partial charge in [-0.1, -0.05) is 12.8 Å². The Hall–Kier alpha value is -1.75. The summed E-state index contributed by atoms with van der Waals surface area (Å²) in [6, 6.07) is 5.21. The number of hydrogen-bond donors (Lipinski definition) is 2. The van der Waals surface area contributed by atoms with Crippen molar-refractivity contribution in [2.75, 3.05) is 30.8 Å². The van der Waals surface area contributed by atoms with Crippen molar-refractivity contribution in [3.05, 3.63) is 23.8 Å². The SMILES string of the molecule is CCOC(=O)c1cc(N)ccc1NCCOC1CCCC1. The van der Waals surface area contributed by atoms with Gasteiger partial charge in [-0.15, -0.1) is 0 Å². The van der Waals surface area contributed by atoms with E-state index in [4.69, 9.17) is 15.2 Å². The molecule has 1 fully saturated rings. The highest BCUT2D eigenvalue weighted by molar-refractivity contribution is 5.96. The van der Waals surface area contributed by atoms with Crippen LogP contribution >= 0.6 is 0 Å². The lowest BCUT2D eigenvalue weighted by Gasteiger charge is -2.14. The summed E-state index contributed by atoms with van der Waals surface area (Å²) in [5.74, 6) is -0.357. The molecule has 1 aliphatic rings. The van der Waals surface area contributed by atoms with Crippen LogP contribution in [0.2, 0.25) is 0 Å². The van der Waals surface area contributed by atoms with Crippen LogP contribution in [0.5, 0.6) is 0 Å². The van der Waals surface area contributed by atoms with E-state index in [1.54, 1.807) is 25.1 Å². The fourth-order valence-electron chi connectivity index (χ4n) is 2.56. The quantitative estimate of drug-likeness (QED) is 0.459. The van der Waals surface area contributed by atoms with Gasteiger partial charge in [0.05, 0.1) is 24.9 Å². The number of benzene rings is 1. The van der Waals surface area contributed by atoms with Crippen molar-refractivity contribution in [2.24, 2.45) is 0 Å². The minimum Gasteiger partial charge on any atom is -0.462 e. The molecule has 1 aliphatic carbocycles. The van der Waals surface area contributed by atoms with Crippen molar-refractivity contribution in [3.63, 3.8) is 0 Å². The zero-order valence-electron chi connectivity index (χ0n) is 12.6. The summed E-state index contributed by atoms with van der Waals surface area (Å²) in [6.45, 7) is 3.43. The van der Waals surface area contributed by atoms with Gasteiger partial charge in [0, 0.05) is 17.9 Å². The van der Waals surface area contributed by atoms with Crippen molar-refractivity contribution in [2.45, 2.75) is 38.7 Å². The number of nitrogens with two attached hydrogens (primary N) is 1. The Morgan fingerprint density at radius 1 is 1.38 bits per heavy atom. The fraction of sp³-hybridized carbons (Fsp3) is 0.562. The second kappa shape index (κ2) is 7.88. The lowest BCUT2D eigenvalue weighted by molar-refractivity contribution is 0.0526. The number of anilines is 2. The third-order valence-corrected chi connectivity index (χ3v) is 3.61. The van der Waals surface area contributed by atoms with Crippen LogP contribution in [0.25, 0.3) is 0 Å². The number of esters is 1. The van der Waals surface area contributed by atoms with Gasteiger partial charge >= 0.3 is 5.97 Å². The molecule has 0 amide bonds. The number of nitrogen functional groups attached to an aromatic ring is 1. The van der Waals surface area contributed by atoms with Crippen LogP contribution in [0.3, 0.4) is 0 Å². The van der Waals surface area contributed by atoms with Gasteiger partial charge < -0.3 is 20.5 Å². The van der Waals surface area contributed by atoms with Gasteiger partial charge in [-0.05, 0) is 38.0 Å². The third kappa shape index (κ3) is 4.63. The molecular formula is C16H24N2O3. The second-order valence-corrected chi connectivity index (χ2v) is 5.23. The average molecular weight is 292 g/mol. The Labute approximate surface area is 125 Å². The van der Waals surface area contributed by atoms with Crippen molar-refractivity contribution in [1.82, 2.24) is 0 Å². The molecule has 0 radical (unpaired) electrons. The summed E-state index contributed by atoms with van der Waals surface area (Å²) in [7, 11) is 0. The molecule has 21 heavy (non-hydrogen) atoms. The van der Waals surface area contributed by atoms with Crippen LogP contribution in [-0.4, -0.2) is 31.8 Å². The number of carbonyl (C=O) groups excluding carboxylic acids is 1. The smallest absolute Gasteiger partial charge is 0.340 e. The van der Waals surface area contributed by atoms with Crippen molar-refractivity contribution < 1.29 is 14.3 Å². The Balaban J connectivity index is 1.87. The molecule has 3 N–H and O–H groups in total. The van der Waals surface area contributed by atoms with Crippen LogP contribution in [0.15, 0.2) is 18.2 Å². The molecule has 0 bridgehead atoms. The molecule has 0 aromatic heterocycles. The van der Waals surface area contributed by atoms with E-state index in [2.05, 4.69) is 5.32 Å². The van der Waals surface area contributed by atoms with Gasteiger partial charge in [-0.25, -0.2) is 4.79 Å². The van der Waals surface area contributed by atoms with E-state index < -0.39 is 0 Å². The maximum atomic E-state index is 11.9. The van der Waals surface area contributed by atoms with Crippen LogP contribution in [-0.2, 0) is 9.47 Å². The monoisotopic (exact) mass is 292 g/mol. The highest BCUT2D eigenvalue weighted by Gasteiger charge is 2.15. The molecule has 5 nitrogen and oxygen atoms in total. The molecule has 0 unspecified atom stereocenters. The minimum atomic E-state index is -0.357. The van der Waals surface area contributed by atoms with E-state index in [0.717, 1.165) is 18.5 Å². The molecule has 0 heterocycles. The molecule has 5 heteroatoms. The van der Waals surface area contributed by atoms with Crippen molar-refractivity contribution >= 4 is 17.3 Å². The molecule has 2 rings (SSSR count). The topological polar surface area (TPSA) is 73.6 Å². The summed E-state index contributed by atoms with van der Waals surface area (Å²) in [6.07, 6.45) is 5.26. The summed E-state index contributed by atoms with van der Waals surface area (Å²) in [5.41, 5.74) is 7.49. The molecule has 116 valence electrons. The van der Waals surface area contributed by atoms with Crippen LogP contribution < -0.4 is 11.1 Å². The van der Waals surface area contributed by atoms with E-state index in [1.165, 1.54) is 12.8 Å². The first-order chi connectivity index (χ1) is 10.2. The van der Waals surface area contributed by atoms with Crippen LogP contribution in [0, 0.1) is 0 Å². The number of rotatable bonds is 7. The summed E-state index contributed by atoms with van der Waals surface area (Å²) >= 11 is 0. The van der Waals surface area contributed by atoms with E-state index in [0.29, 0.717) is 37.1 Å². The van der Waals surface area contributed by atoms with Gasteiger partial charge in [0.2, 0.25) is 0 Å². The third-order valence-electron chi connectivity index (χ3n) is 3.61. The first kappa shape index (κ1) is 15.6. The molecule has 1 saturated carbocycles. The first-order valence-corrected chi connectivity index (χ1v) is 7.63. The van der Waals surface area contributed by atoms with Gasteiger partial charge in [0.15, 0.2) is 0 Å².